The molecule has 0 aliphatic carbocycles. The van der Waals surface area contributed by atoms with E-state index in [1.54, 1.807) is 0 Å². The molecule has 0 heterocycles. The van der Waals surface area contributed by atoms with Crippen molar-refractivity contribution < 1.29 is 0 Å². The maximum absolute atomic E-state index is 5.63. The van der Waals surface area contributed by atoms with E-state index in [1.807, 2.05) is 24.3 Å². The van der Waals surface area contributed by atoms with Crippen molar-refractivity contribution in [3.05, 3.63) is 65.2 Å². The first-order chi connectivity index (χ1) is 7.74. The van der Waals surface area contributed by atoms with Gasteiger partial charge in [0.25, 0.3) is 0 Å². The van der Waals surface area contributed by atoms with E-state index in [0.29, 0.717) is 0 Å². The van der Waals surface area contributed by atoms with Crippen LogP contribution in [0, 0.1) is 6.92 Å². The summed E-state index contributed by atoms with van der Waals surface area (Å²) < 4.78 is 0. The van der Waals surface area contributed by atoms with Crippen LogP contribution in [0.3, 0.4) is 0 Å². The third-order valence-corrected chi connectivity index (χ3v) is 2.48. The van der Waals surface area contributed by atoms with Gasteiger partial charge in [-0.2, -0.15) is 0 Å². The summed E-state index contributed by atoms with van der Waals surface area (Å²) in [6.07, 6.45) is 4.19. The minimum Gasteiger partial charge on any atom is -0.399 e. The van der Waals surface area contributed by atoms with E-state index in [-0.39, 0.29) is 0 Å². The maximum Gasteiger partial charge on any atom is 0.0314 e. The van der Waals surface area contributed by atoms with Crippen molar-refractivity contribution in [2.24, 2.45) is 0 Å². The Bertz CT molecular complexity index is 430. The van der Waals surface area contributed by atoms with Crippen LogP contribution in [-0.2, 0) is 0 Å². The van der Waals surface area contributed by atoms with Crippen molar-refractivity contribution in [2.45, 2.75) is 6.92 Å². The molecule has 0 aromatic heterocycles. The van der Waals surface area contributed by atoms with Crippen molar-refractivity contribution in [3.63, 3.8) is 0 Å². The average molecular weight is 209 g/mol. The number of hydrogen-bond donors (Lipinski definition) is 1. The number of anilines is 1. The van der Waals surface area contributed by atoms with Crippen molar-refractivity contribution >= 4 is 17.8 Å². The Morgan fingerprint density at radius 1 is 0.750 bits per heavy atom. The first-order valence-electron chi connectivity index (χ1n) is 5.34. The van der Waals surface area contributed by atoms with Gasteiger partial charge < -0.3 is 5.73 Å². The molecule has 1 nitrogen and oxygen atoms in total. The van der Waals surface area contributed by atoms with E-state index in [0.717, 1.165) is 11.3 Å². The van der Waals surface area contributed by atoms with Gasteiger partial charge in [-0.05, 0) is 30.2 Å². The monoisotopic (exact) mass is 209 g/mol. The molecule has 0 amide bonds. The third-order valence-electron chi connectivity index (χ3n) is 2.48. The summed E-state index contributed by atoms with van der Waals surface area (Å²) in [6, 6.07) is 16.3. The molecule has 0 unspecified atom stereocenters. The summed E-state index contributed by atoms with van der Waals surface area (Å²) in [4.78, 5) is 0. The van der Waals surface area contributed by atoms with E-state index in [9.17, 15) is 0 Å². The van der Waals surface area contributed by atoms with Gasteiger partial charge >= 0.3 is 0 Å². The first-order valence-corrected chi connectivity index (χ1v) is 5.34. The van der Waals surface area contributed by atoms with Gasteiger partial charge in [-0.1, -0.05) is 54.1 Å². The number of nitrogen functional groups attached to an aromatic ring is 1. The SMILES string of the molecule is Cc1ccc(C=Cc2ccc(N)cc2)cc1. The lowest BCUT2D eigenvalue weighted by molar-refractivity contribution is 1.46. The van der Waals surface area contributed by atoms with Gasteiger partial charge in [0.15, 0.2) is 0 Å². The largest absolute Gasteiger partial charge is 0.399 e. The third kappa shape index (κ3) is 2.74. The Morgan fingerprint density at radius 3 is 1.69 bits per heavy atom. The van der Waals surface area contributed by atoms with E-state index in [4.69, 9.17) is 5.73 Å². The number of benzene rings is 2. The van der Waals surface area contributed by atoms with Crippen LogP contribution in [-0.4, -0.2) is 0 Å². The molecule has 2 rings (SSSR count). The molecule has 80 valence electrons. The van der Waals surface area contributed by atoms with Gasteiger partial charge in [-0.15, -0.1) is 0 Å². The maximum atomic E-state index is 5.63. The number of rotatable bonds is 2. The Balaban J connectivity index is 2.15. The molecule has 16 heavy (non-hydrogen) atoms. The zero-order valence-electron chi connectivity index (χ0n) is 9.35. The molecule has 0 aliphatic rings. The molecule has 2 aromatic carbocycles. The molecule has 0 saturated heterocycles. The van der Waals surface area contributed by atoms with Crippen LogP contribution in [0.4, 0.5) is 5.69 Å². The fourth-order valence-electron chi connectivity index (χ4n) is 1.48. The smallest absolute Gasteiger partial charge is 0.0314 e. The Labute approximate surface area is 96.2 Å². The molecule has 0 atom stereocenters. The molecule has 1 heteroatoms. The topological polar surface area (TPSA) is 26.0 Å². The Morgan fingerprint density at radius 2 is 1.19 bits per heavy atom. The molecule has 0 aliphatic heterocycles. The van der Waals surface area contributed by atoms with Gasteiger partial charge in [0.2, 0.25) is 0 Å². The highest BCUT2D eigenvalue weighted by Crippen LogP contribution is 2.11. The molecular weight excluding hydrogens is 194 g/mol. The lowest BCUT2D eigenvalue weighted by Crippen LogP contribution is -1.82. The van der Waals surface area contributed by atoms with Crippen molar-refractivity contribution in [3.8, 4) is 0 Å². The van der Waals surface area contributed by atoms with Gasteiger partial charge in [0.05, 0.1) is 0 Å². The average Bonchev–Trinajstić information content (AvgIpc) is 2.30. The van der Waals surface area contributed by atoms with E-state index in [1.165, 1.54) is 11.1 Å². The Kier molecular flexibility index (Phi) is 3.06. The zero-order valence-corrected chi connectivity index (χ0v) is 9.35. The van der Waals surface area contributed by atoms with E-state index >= 15 is 0 Å². The number of hydrogen-bond acceptors (Lipinski definition) is 1. The van der Waals surface area contributed by atoms with Crippen LogP contribution in [0.25, 0.3) is 12.2 Å². The summed E-state index contributed by atoms with van der Waals surface area (Å²) in [7, 11) is 0. The summed E-state index contributed by atoms with van der Waals surface area (Å²) in [5.41, 5.74) is 10.1. The van der Waals surface area contributed by atoms with Gasteiger partial charge in [0, 0.05) is 5.69 Å². The van der Waals surface area contributed by atoms with Crippen molar-refractivity contribution in [1.29, 1.82) is 0 Å². The predicted octanol–water partition coefficient (Wildman–Crippen LogP) is 3.75. The number of nitrogens with two attached hydrogens (primary N) is 1. The predicted molar refractivity (Wildman–Crippen MR) is 71.0 cm³/mol. The van der Waals surface area contributed by atoms with Gasteiger partial charge in [-0.25, -0.2) is 0 Å². The summed E-state index contributed by atoms with van der Waals surface area (Å²) in [5.74, 6) is 0. The molecule has 0 radical (unpaired) electrons. The van der Waals surface area contributed by atoms with E-state index in [2.05, 4.69) is 43.3 Å². The molecule has 0 bridgehead atoms. The molecule has 0 fully saturated rings. The van der Waals surface area contributed by atoms with E-state index < -0.39 is 0 Å². The standard InChI is InChI=1S/C15H15N/c1-12-2-4-13(5-3-12)6-7-14-8-10-15(16)11-9-14/h2-11H,16H2,1H3. The normalized spacial score (nSPS) is 10.8. The second-order valence-corrected chi connectivity index (χ2v) is 3.91. The minimum absolute atomic E-state index is 0.799. The second-order valence-electron chi connectivity index (χ2n) is 3.91. The summed E-state index contributed by atoms with van der Waals surface area (Å²) in [6.45, 7) is 2.09. The first kappa shape index (κ1) is 10.5. The van der Waals surface area contributed by atoms with Crippen LogP contribution >= 0.6 is 0 Å². The van der Waals surface area contributed by atoms with Crippen molar-refractivity contribution in [2.75, 3.05) is 5.73 Å². The minimum atomic E-state index is 0.799. The quantitative estimate of drug-likeness (QED) is 0.591. The molecule has 0 saturated carbocycles. The second kappa shape index (κ2) is 4.67. The fourth-order valence-corrected chi connectivity index (χ4v) is 1.48. The number of aryl methyl sites for hydroxylation is 1. The van der Waals surface area contributed by atoms with Gasteiger partial charge in [-0.3, -0.25) is 0 Å². The summed E-state index contributed by atoms with van der Waals surface area (Å²) in [5, 5.41) is 0. The van der Waals surface area contributed by atoms with Crippen LogP contribution in [0.5, 0.6) is 0 Å². The zero-order chi connectivity index (χ0) is 11.4. The molecule has 2 N–H and O–H groups in total. The highest BCUT2D eigenvalue weighted by Gasteiger charge is 1.88. The Hall–Kier alpha value is -2.02. The molecular formula is C15H15N. The van der Waals surface area contributed by atoms with Gasteiger partial charge in [0.1, 0.15) is 0 Å². The molecule has 0 spiro atoms. The van der Waals surface area contributed by atoms with Crippen molar-refractivity contribution in [1.82, 2.24) is 0 Å². The van der Waals surface area contributed by atoms with Crippen LogP contribution in [0.2, 0.25) is 0 Å². The lowest BCUT2D eigenvalue weighted by Gasteiger charge is -1.96. The van der Waals surface area contributed by atoms with Crippen LogP contribution in [0.15, 0.2) is 48.5 Å². The highest BCUT2D eigenvalue weighted by atomic mass is 14.5. The van der Waals surface area contributed by atoms with Crippen LogP contribution < -0.4 is 5.73 Å². The fraction of sp³-hybridized carbons (Fsp3) is 0.0667. The highest BCUT2D eigenvalue weighted by molar-refractivity contribution is 5.70. The van der Waals surface area contributed by atoms with Crippen LogP contribution in [0.1, 0.15) is 16.7 Å². The molecule has 2 aromatic rings. The summed E-state index contributed by atoms with van der Waals surface area (Å²) >= 11 is 0. The lowest BCUT2D eigenvalue weighted by atomic mass is 10.1.